The fraction of sp³-hybridized carbons (Fsp3) is 0.567. The Balaban J connectivity index is 1.72. The van der Waals surface area contributed by atoms with Crippen LogP contribution in [0.2, 0.25) is 0 Å². The van der Waals surface area contributed by atoms with E-state index in [0.29, 0.717) is 26.1 Å². The number of benzene rings is 1. The van der Waals surface area contributed by atoms with Crippen molar-refractivity contribution < 1.29 is 19.5 Å². The van der Waals surface area contributed by atoms with E-state index in [9.17, 15) is 19.5 Å². The lowest BCUT2D eigenvalue weighted by Gasteiger charge is -2.40. The van der Waals surface area contributed by atoms with E-state index in [1.807, 2.05) is 42.2 Å². The second kappa shape index (κ2) is 12.6. The molecule has 39 heavy (non-hydrogen) atoms. The number of nitrogens with zero attached hydrogens (tertiary/aromatic N) is 3. The van der Waals surface area contributed by atoms with Crippen LogP contribution in [0.1, 0.15) is 38.7 Å². The fourth-order valence-corrected chi connectivity index (χ4v) is 10.4. The van der Waals surface area contributed by atoms with Crippen molar-refractivity contribution in [1.29, 1.82) is 0 Å². The number of halogens is 1. The molecule has 4 unspecified atom stereocenters. The van der Waals surface area contributed by atoms with Crippen LogP contribution in [0.4, 0.5) is 0 Å². The normalized spacial score (nSPS) is 29.7. The highest BCUT2D eigenvalue weighted by molar-refractivity contribution is 9.09. The van der Waals surface area contributed by atoms with Crippen LogP contribution in [0.25, 0.3) is 0 Å². The Bertz CT molecular complexity index is 1090. The van der Waals surface area contributed by atoms with Crippen molar-refractivity contribution in [2.45, 2.75) is 66.6 Å². The summed E-state index contributed by atoms with van der Waals surface area (Å²) in [6.07, 6.45) is 5.82. The Morgan fingerprint density at radius 3 is 2.54 bits per heavy atom. The Hall–Kier alpha value is -2.10. The fourth-order valence-electron chi connectivity index (χ4n) is 6.80. The Morgan fingerprint density at radius 1 is 1.23 bits per heavy atom. The van der Waals surface area contributed by atoms with Gasteiger partial charge in [-0.05, 0) is 25.3 Å². The number of carbonyl (C=O) groups excluding carboxylic acids is 3. The van der Waals surface area contributed by atoms with Gasteiger partial charge >= 0.3 is 0 Å². The van der Waals surface area contributed by atoms with Crippen LogP contribution in [-0.4, -0.2) is 90.7 Å². The summed E-state index contributed by atoms with van der Waals surface area (Å²) in [6, 6.07) is 9.04. The second-order valence-corrected chi connectivity index (χ2v) is 13.5. The molecule has 0 saturated carbocycles. The van der Waals surface area contributed by atoms with Gasteiger partial charge in [0.25, 0.3) is 0 Å². The number of amides is 3. The average molecular weight is 619 g/mol. The zero-order chi connectivity index (χ0) is 28.3. The zero-order valence-electron chi connectivity index (χ0n) is 22.9. The summed E-state index contributed by atoms with van der Waals surface area (Å²) < 4.78 is -0.736. The van der Waals surface area contributed by atoms with Gasteiger partial charge in [-0.15, -0.1) is 24.9 Å². The predicted octanol–water partition coefficient (Wildman–Crippen LogP) is 3.86. The second-order valence-electron chi connectivity index (χ2n) is 10.8. The summed E-state index contributed by atoms with van der Waals surface area (Å²) in [5.41, 5.74) is 1.01. The zero-order valence-corrected chi connectivity index (χ0v) is 25.3. The molecule has 7 atom stereocenters. The van der Waals surface area contributed by atoms with Crippen LogP contribution in [-0.2, 0) is 20.9 Å². The van der Waals surface area contributed by atoms with Gasteiger partial charge in [-0.1, -0.05) is 71.8 Å². The maximum absolute atomic E-state index is 14.3. The van der Waals surface area contributed by atoms with Gasteiger partial charge < -0.3 is 19.8 Å². The van der Waals surface area contributed by atoms with Crippen LogP contribution in [0.5, 0.6) is 0 Å². The summed E-state index contributed by atoms with van der Waals surface area (Å²) in [7, 11) is 0. The molecule has 9 heteroatoms. The maximum Gasteiger partial charge on any atom is 0.247 e. The van der Waals surface area contributed by atoms with Crippen molar-refractivity contribution in [1.82, 2.24) is 14.7 Å². The third kappa shape index (κ3) is 5.34. The van der Waals surface area contributed by atoms with E-state index in [1.54, 1.807) is 33.7 Å². The smallest absolute Gasteiger partial charge is 0.247 e. The monoisotopic (exact) mass is 617 g/mol. The Kier molecular flexibility index (Phi) is 9.65. The van der Waals surface area contributed by atoms with Crippen molar-refractivity contribution in [3.63, 3.8) is 0 Å². The molecule has 0 aliphatic carbocycles. The number of likely N-dealkylation sites (tertiary alicyclic amines) is 1. The first-order chi connectivity index (χ1) is 18.7. The SMILES string of the molecule is C=CCN(Cc1ccccc1)C(=O)[C@H]1[C@H]2C(=O)N(CCO)C(C(=O)N(CC=C)C(C)CCC)C23CC(Br)[C@@H]1S3. The molecule has 1 N–H and O–H groups in total. The molecule has 0 radical (unpaired) electrons. The van der Waals surface area contributed by atoms with E-state index in [4.69, 9.17) is 0 Å². The number of hydrogen-bond donors (Lipinski definition) is 1. The molecule has 0 aromatic heterocycles. The first-order valence-corrected chi connectivity index (χ1v) is 15.6. The number of carbonyl (C=O) groups is 3. The lowest BCUT2D eigenvalue weighted by atomic mass is 9.70. The summed E-state index contributed by atoms with van der Waals surface area (Å²) in [4.78, 5) is 47.8. The number of aliphatic hydroxyl groups is 1. The summed E-state index contributed by atoms with van der Waals surface area (Å²) >= 11 is 5.46. The van der Waals surface area contributed by atoms with Crippen LogP contribution < -0.4 is 0 Å². The first-order valence-electron chi connectivity index (χ1n) is 13.8. The van der Waals surface area contributed by atoms with Crippen molar-refractivity contribution in [3.8, 4) is 0 Å². The molecule has 2 bridgehead atoms. The van der Waals surface area contributed by atoms with E-state index in [0.717, 1.165) is 18.4 Å². The van der Waals surface area contributed by atoms with Gasteiger partial charge in [-0.25, -0.2) is 0 Å². The summed E-state index contributed by atoms with van der Waals surface area (Å²) in [6.45, 7) is 12.8. The van der Waals surface area contributed by atoms with Crippen LogP contribution in [0, 0.1) is 11.8 Å². The van der Waals surface area contributed by atoms with Crippen molar-refractivity contribution in [2.24, 2.45) is 11.8 Å². The molecule has 3 heterocycles. The lowest BCUT2D eigenvalue weighted by Crippen LogP contribution is -2.57. The van der Waals surface area contributed by atoms with Gasteiger partial charge in [-0.2, -0.15) is 0 Å². The van der Waals surface area contributed by atoms with E-state index in [-0.39, 0.29) is 47.0 Å². The van der Waals surface area contributed by atoms with Gasteiger partial charge in [0, 0.05) is 42.3 Å². The third-order valence-corrected chi connectivity index (χ3v) is 11.6. The number of aliphatic hydroxyl groups excluding tert-OH is 1. The minimum absolute atomic E-state index is 0.00639. The molecule has 3 fully saturated rings. The van der Waals surface area contributed by atoms with Crippen molar-refractivity contribution in [3.05, 3.63) is 61.2 Å². The van der Waals surface area contributed by atoms with E-state index < -0.39 is 22.6 Å². The summed E-state index contributed by atoms with van der Waals surface area (Å²) in [5, 5.41) is 9.80. The van der Waals surface area contributed by atoms with Crippen LogP contribution in [0.3, 0.4) is 0 Å². The van der Waals surface area contributed by atoms with Crippen LogP contribution >= 0.6 is 27.7 Å². The molecule has 1 aromatic rings. The first kappa shape index (κ1) is 29.9. The Labute approximate surface area is 244 Å². The minimum Gasteiger partial charge on any atom is -0.395 e. The molecule has 3 saturated heterocycles. The minimum atomic E-state index is -0.740. The highest BCUT2D eigenvalue weighted by Crippen LogP contribution is 2.68. The van der Waals surface area contributed by atoms with E-state index in [2.05, 4.69) is 36.0 Å². The van der Waals surface area contributed by atoms with Gasteiger partial charge in [0.2, 0.25) is 17.7 Å². The molecule has 3 aliphatic rings. The Morgan fingerprint density at radius 2 is 1.92 bits per heavy atom. The summed E-state index contributed by atoms with van der Waals surface area (Å²) in [5.74, 6) is -1.59. The van der Waals surface area contributed by atoms with Gasteiger partial charge in [0.05, 0.1) is 23.2 Å². The molecular weight excluding hydrogens is 578 g/mol. The van der Waals surface area contributed by atoms with Gasteiger partial charge in [0.1, 0.15) is 6.04 Å². The number of fused-ring (bicyclic) bond motifs is 1. The van der Waals surface area contributed by atoms with E-state index >= 15 is 0 Å². The van der Waals surface area contributed by atoms with Crippen molar-refractivity contribution in [2.75, 3.05) is 26.2 Å². The number of thioether (sulfide) groups is 1. The number of β-amino-alcohol motifs (C(OH)–C–C–N with tert-alkyl or cyclic N) is 1. The molecule has 4 rings (SSSR count). The van der Waals surface area contributed by atoms with E-state index in [1.165, 1.54) is 0 Å². The van der Waals surface area contributed by atoms with Gasteiger partial charge in [0.15, 0.2) is 0 Å². The standard InChI is InChI=1S/C30H40BrN3O4S/c1-5-11-20(4)33(15-7-3)29(38)26-30-18-22(31)25(39-30)23(24(30)28(37)34(26)16-17-35)27(36)32(14-6-2)19-21-12-9-8-10-13-21/h6-10,12-13,20,22-26,35H,2-3,5,11,14-19H2,1,4H3/t20?,22?,23-,24-,25-,26?,30?/m0/s1. The van der Waals surface area contributed by atoms with Crippen molar-refractivity contribution >= 4 is 45.4 Å². The van der Waals surface area contributed by atoms with Gasteiger partial charge in [-0.3, -0.25) is 14.4 Å². The lowest BCUT2D eigenvalue weighted by molar-refractivity contribution is -0.145. The highest BCUT2D eigenvalue weighted by atomic mass is 79.9. The molecule has 212 valence electrons. The largest absolute Gasteiger partial charge is 0.395 e. The molecular formula is C30H40BrN3O4S. The molecule has 3 amide bonds. The number of rotatable bonds is 13. The number of hydrogen-bond acceptors (Lipinski definition) is 5. The highest BCUT2D eigenvalue weighted by Gasteiger charge is 2.76. The average Bonchev–Trinajstić information content (AvgIpc) is 3.50. The van der Waals surface area contributed by atoms with Crippen LogP contribution in [0.15, 0.2) is 55.6 Å². The predicted molar refractivity (Wildman–Crippen MR) is 159 cm³/mol. The maximum atomic E-state index is 14.3. The number of alkyl halides is 1. The third-order valence-electron chi connectivity index (χ3n) is 8.37. The molecule has 3 aliphatic heterocycles. The topological polar surface area (TPSA) is 81.2 Å². The molecule has 1 spiro atoms. The molecule has 7 nitrogen and oxygen atoms in total. The molecule has 1 aromatic carbocycles. The quantitative estimate of drug-likeness (QED) is 0.268.